The highest BCUT2D eigenvalue weighted by Crippen LogP contribution is 2.22. The minimum Gasteiger partial charge on any atom is -0.359 e. The Balaban J connectivity index is 2.35. The van der Waals surface area contributed by atoms with E-state index in [9.17, 15) is 0 Å². The summed E-state index contributed by atoms with van der Waals surface area (Å²) in [6, 6.07) is 1.98. The monoisotopic (exact) mass is 173 g/mol. The molecule has 0 aliphatic carbocycles. The number of hydrogen-bond acceptors (Lipinski definition) is 2. The third-order valence-corrected chi connectivity index (χ3v) is 2.02. The lowest BCUT2D eigenvalue weighted by Crippen LogP contribution is -2.19. The van der Waals surface area contributed by atoms with Crippen LogP contribution in [0.4, 0.5) is 0 Å². The van der Waals surface area contributed by atoms with Crippen LogP contribution in [0.2, 0.25) is 0 Å². The summed E-state index contributed by atoms with van der Waals surface area (Å²) >= 11 is 0. The Morgan fingerprint density at radius 3 is 3.23 bits per heavy atom. The van der Waals surface area contributed by atoms with E-state index in [4.69, 9.17) is 0 Å². The second-order valence-electron chi connectivity index (χ2n) is 2.87. The van der Waals surface area contributed by atoms with Crippen molar-refractivity contribution in [2.45, 2.75) is 0 Å². The quantitative estimate of drug-likeness (QED) is 0.679. The van der Waals surface area contributed by atoms with Crippen LogP contribution in [0.3, 0.4) is 0 Å². The molecule has 2 heterocycles. The molecule has 1 aliphatic heterocycles. The van der Waals surface area contributed by atoms with E-state index >= 15 is 0 Å². The van der Waals surface area contributed by atoms with Crippen LogP contribution in [0.5, 0.6) is 0 Å². The van der Waals surface area contributed by atoms with Crippen molar-refractivity contribution in [2.24, 2.45) is 5.10 Å². The highest BCUT2D eigenvalue weighted by molar-refractivity contribution is 5.89. The number of aromatic nitrogens is 1. The van der Waals surface area contributed by atoms with Crippen molar-refractivity contribution in [1.29, 1.82) is 0 Å². The number of fused-ring (bicyclic) bond motifs is 1. The number of aromatic amines is 1. The average Bonchev–Trinajstić information content (AvgIpc) is 2.58. The van der Waals surface area contributed by atoms with Gasteiger partial charge in [0.15, 0.2) is 0 Å². The minimum atomic E-state index is 0.688. The maximum atomic E-state index is 4.23. The van der Waals surface area contributed by atoms with Gasteiger partial charge in [-0.3, -0.25) is 5.01 Å². The second-order valence-corrected chi connectivity index (χ2v) is 2.87. The molecular formula is C10H11N3. The minimum absolute atomic E-state index is 0.688. The van der Waals surface area contributed by atoms with Crippen molar-refractivity contribution in [3.05, 3.63) is 42.8 Å². The molecule has 0 amide bonds. The number of hydrazone groups is 1. The highest BCUT2D eigenvalue weighted by Gasteiger charge is 2.15. The first kappa shape index (κ1) is 7.86. The van der Waals surface area contributed by atoms with Gasteiger partial charge in [-0.1, -0.05) is 12.7 Å². The summed E-state index contributed by atoms with van der Waals surface area (Å²) in [5, 5.41) is 6.04. The van der Waals surface area contributed by atoms with E-state index in [1.165, 1.54) is 0 Å². The Labute approximate surface area is 77.1 Å². The van der Waals surface area contributed by atoms with Crippen LogP contribution in [-0.2, 0) is 0 Å². The molecular weight excluding hydrogens is 162 g/mol. The molecule has 2 rings (SSSR count). The fourth-order valence-electron chi connectivity index (χ4n) is 1.35. The highest BCUT2D eigenvalue weighted by atomic mass is 15.5. The molecule has 0 atom stereocenters. The first-order valence-corrected chi connectivity index (χ1v) is 4.12. The summed E-state index contributed by atoms with van der Waals surface area (Å²) in [5.74, 6) is 0. The van der Waals surface area contributed by atoms with Gasteiger partial charge >= 0.3 is 0 Å². The van der Waals surface area contributed by atoms with Gasteiger partial charge in [-0.15, -0.1) is 6.58 Å². The van der Waals surface area contributed by atoms with Crippen molar-refractivity contribution in [1.82, 2.24) is 9.99 Å². The van der Waals surface area contributed by atoms with Crippen molar-refractivity contribution >= 4 is 11.9 Å². The fraction of sp³-hybridized carbons (Fsp3) is 0.100. The van der Waals surface area contributed by atoms with E-state index < -0.39 is 0 Å². The smallest absolute Gasteiger partial charge is 0.0767 e. The van der Waals surface area contributed by atoms with E-state index in [1.54, 1.807) is 6.08 Å². The van der Waals surface area contributed by atoms with Crippen LogP contribution in [0.1, 0.15) is 11.3 Å². The van der Waals surface area contributed by atoms with Gasteiger partial charge < -0.3 is 4.98 Å². The zero-order valence-electron chi connectivity index (χ0n) is 7.33. The molecule has 66 valence electrons. The Morgan fingerprint density at radius 1 is 1.62 bits per heavy atom. The lowest BCUT2D eigenvalue weighted by molar-refractivity contribution is 0.467. The summed E-state index contributed by atoms with van der Waals surface area (Å²) < 4.78 is 0. The lowest BCUT2D eigenvalue weighted by atomic mass is 10.2. The van der Waals surface area contributed by atoms with Crippen LogP contribution in [0, 0.1) is 0 Å². The summed E-state index contributed by atoms with van der Waals surface area (Å²) in [6.45, 7) is 8.32. The molecule has 1 aromatic rings. The van der Waals surface area contributed by atoms with Gasteiger partial charge in [0, 0.05) is 11.8 Å². The van der Waals surface area contributed by atoms with Gasteiger partial charge in [0.25, 0.3) is 0 Å². The van der Waals surface area contributed by atoms with E-state index in [0.717, 1.165) is 17.0 Å². The van der Waals surface area contributed by atoms with Crippen molar-refractivity contribution in [2.75, 3.05) is 6.54 Å². The summed E-state index contributed by atoms with van der Waals surface area (Å²) in [4.78, 5) is 3.13. The molecule has 1 N–H and O–H groups in total. The molecule has 3 nitrogen and oxygen atoms in total. The lowest BCUT2D eigenvalue weighted by Gasteiger charge is -2.22. The number of rotatable bonds is 2. The van der Waals surface area contributed by atoms with Crippen LogP contribution < -0.4 is 0 Å². The molecule has 0 saturated carbocycles. The molecule has 1 aliphatic rings. The van der Waals surface area contributed by atoms with Gasteiger partial charge in [-0.05, 0) is 6.07 Å². The molecule has 0 spiro atoms. The molecule has 3 heteroatoms. The Bertz CT molecular complexity index is 373. The normalized spacial score (nSPS) is 14.5. The molecule has 0 radical (unpaired) electrons. The topological polar surface area (TPSA) is 31.4 Å². The van der Waals surface area contributed by atoms with Crippen molar-refractivity contribution in [3.63, 3.8) is 0 Å². The predicted molar refractivity (Wildman–Crippen MR) is 54.3 cm³/mol. The van der Waals surface area contributed by atoms with Crippen LogP contribution in [0.25, 0.3) is 5.70 Å². The fourth-order valence-corrected chi connectivity index (χ4v) is 1.35. The molecule has 13 heavy (non-hydrogen) atoms. The van der Waals surface area contributed by atoms with Crippen LogP contribution in [0.15, 0.2) is 36.6 Å². The molecule has 0 bridgehead atoms. The maximum absolute atomic E-state index is 4.23. The molecule has 0 unspecified atom stereocenters. The molecule has 0 aromatic carbocycles. The summed E-state index contributed by atoms with van der Waals surface area (Å²) in [6.07, 6.45) is 5.51. The SMILES string of the molecule is C=CCN1N=Cc2cc[nH]c2C1=C. The number of H-pyrrole nitrogens is 1. The van der Waals surface area contributed by atoms with Gasteiger partial charge in [0.05, 0.1) is 24.2 Å². The number of nitrogens with one attached hydrogen (secondary N) is 1. The van der Waals surface area contributed by atoms with Gasteiger partial charge in [-0.2, -0.15) is 5.10 Å². The third-order valence-electron chi connectivity index (χ3n) is 2.02. The molecule has 1 aromatic heterocycles. The molecule has 0 saturated heterocycles. The average molecular weight is 173 g/mol. The zero-order valence-corrected chi connectivity index (χ0v) is 7.33. The van der Waals surface area contributed by atoms with E-state index in [-0.39, 0.29) is 0 Å². The number of nitrogens with zero attached hydrogens (tertiary/aromatic N) is 2. The van der Waals surface area contributed by atoms with Gasteiger partial charge in [0.2, 0.25) is 0 Å². The van der Waals surface area contributed by atoms with Crippen molar-refractivity contribution < 1.29 is 0 Å². The maximum Gasteiger partial charge on any atom is 0.0767 e. The van der Waals surface area contributed by atoms with E-state index in [0.29, 0.717) is 6.54 Å². The molecule has 0 fully saturated rings. The predicted octanol–water partition coefficient (Wildman–Crippen LogP) is 1.82. The second kappa shape index (κ2) is 2.94. The Kier molecular flexibility index (Phi) is 1.77. The first-order chi connectivity index (χ1) is 6.33. The Hall–Kier alpha value is -1.77. The Morgan fingerprint density at radius 2 is 2.46 bits per heavy atom. The van der Waals surface area contributed by atoms with E-state index in [2.05, 4.69) is 23.2 Å². The number of hydrogen-bond donors (Lipinski definition) is 1. The van der Waals surface area contributed by atoms with Gasteiger partial charge in [0.1, 0.15) is 0 Å². The van der Waals surface area contributed by atoms with Crippen LogP contribution >= 0.6 is 0 Å². The largest absolute Gasteiger partial charge is 0.359 e. The van der Waals surface area contributed by atoms with Crippen LogP contribution in [-0.4, -0.2) is 22.8 Å². The first-order valence-electron chi connectivity index (χ1n) is 4.12. The summed E-state index contributed by atoms with van der Waals surface area (Å²) in [7, 11) is 0. The van der Waals surface area contributed by atoms with Gasteiger partial charge in [-0.25, -0.2) is 0 Å². The standard InChI is InChI=1S/C10H11N3/c1-3-6-13-8(2)10-9(7-12-13)4-5-11-10/h3-5,7,11H,1-2,6H2. The van der Waals surface area contributed by atoms with E-state index in [1.807, 2.05) is 23.5 Å². The zero-order chi connectivity index (χ0) is 9.26. The third kappa shape index (κ3) is 1.18. The van der Waals surface area contributed by atoms with Crippen molar-refractivity contribution in [3.8, 4) is 0 Å². The summed E-state index contributed by atoms with van der Waals surface area (Å²) in [5.41, 5.74) is 3.02.